The maximum absolute atomic E-state index is 4.06. The van der Waals surface area contributed by atoms with Gasteiger partial charge in [-0.05, 0) is 13.1 Å². The molecule has 1 saturated heterocycles. The molecule has 1 radical (unpaired) electrons. The standard InChI is InChI=1S/C13H17N.Y/c1-11-4-2-3-5-13(11)10-12-6-8-14-9-7-12;/h2-5,14H,1,6-10H2;/q-2;. The summed E-state index contributed by atoms with van der Waals surface area (Å²) in [5, 5.41) is 3.38. The van der Waals surface area contributed by atoms with E-state index in [-0.39, 0.29) is 32.7 Å². The molecule has 1 N–H and O–H groups in total. The zero-order chi connectivity index (χ0) is 9.80. The summed E-state index contributed by atoms with van der Waals surface area (Å²) in [6.07, 6.45) is 3.59. The van der Waals surface area contributed by atoms with Crippen LogP contribution in [0.3, 0.4) is 0 Å². The van der Waals surface area contributed by atoms with Gasteiger partial charge < -0.3 is 11.2 Å². The van der Waals surface area contributed by atoms with Crippen molar-refractivity contribution >= 4 is 0 Å². The van der Waals surface area contributed by atoms with Crippen LogP contribution in [0.2, 0.25) is 0 Å². The molecule has 1 heterocycles. The van der Waals surface area contributed by atoms with E-state index in [4.69, 9.17) is 0 Å². The fraction of sp³-hybridized carbons (Fsp3) is 0.385. The molecule has 15 heavy (non-hydrogen) atoms. The minimum Gasteiger partial charge on any atom is -0.322 e. The van der Waals surface area contributed by atoms with Crippen LogP contribution in [0.25, 0.3) is 0 Å². The van der Waals surface area contributed by atoms with E-state index in [2.05, 4.69) is 36.5 Å². The van der Waals surface area contributed by atoms with Crippen LogP contribution in [0.5, 0.6) is 0 Å². The first-order chi connectivity index (χ1) is 6.86. The van der Waals surface area contributed by atoms with Gasteiger partial charge in [-0.3, -0.25) is 0 Å². The quantitative estimate of drug-likeness (QED) is 0.818. The molecule has 0 aliphatic carbocycles. The first kappa shape index (κ1) is 13.2. The molecule has 1 aromatic carbocycles. The summed E-state index contributed by atoms with van der Waals surface area (Å²) in [5.41, 5.74) is 2.57. The third-order valence-corrected chi connectivity index (χ3v) is 2.87. The maximum Gasteiger partial charge on any atom is 0 e. The van der Waals surface area contributed by atoms with Crippen molar-refractivity contribution in [2.24, 2.45) is 0 Å². The van der Waals surface area contributed by atoms with Crippen LogP contribution in [0, 0.1) is 12.8 Å². The van der Waals surface area contributed by atoms with E-state index in [0.29, 0.717) is 0 Å². The Morgan fingerprint density at radius 3 is 2.53 bits per heavy atom. The minimum absolute atomic E-state index is 0. The van der Waals surface area contributed by atoms with Gasteiger partial charge in [0.1, 0.15) is 0 Å². The summed E-state index contributed by atoms with van der Waals surface area (Å²) >= 11 is 0. The van der Waals surface area contributed by atoms with Gasteiger partial charge in [-0.2, -0.15) is 43.4 Å². The normalized spacial score (nSPS) is 17.1. The van der Waals surface area contributed by atoms with Crippen molar-refractivity contribution in [2.45, 2.75) is 19.3 Å². The van der Waals surface area contributed by atoms with Gasteiger partial charge in [0.05, 0.1) is 0 Å². The molecular formula is C13H17NY-2. The molecule has 1 aliphatic rings. The fourth-order valence-electron chi connectivity index (χ4n) is 1.96. The van der Waals surface area contributed by atoms with Crippen molar-refractivity contribution in [1.29, 1.82) is 0 Å². The summed E-state index contributed by atoms with van der Waals surface area (Å²) in [7, 11) is 0. The zero-order valence-corrected chi connectivity index (χ0v) is 12.0. The summed E-state index contributed by atoms with van der Waals surface area (Å²) in [6, 6.07) is 8.44. The Hall–Kier alpha value is 0.154. The molecule has 0 aromatic heterocycles. The van der Waals surface area contributed by atoms with Crippen LogP contribution in [-0.4, -0.2) is 13.1 Å². The van der Waals surface area contributed by atoms with E-state index in [1.165, 1.54) is 24.0 Å². The van der Waals surface area contributed by atoms with E-state index in [0.717, 1.165) is 19.5 Å². The molecule has 0 atom stereocenters. The minimum atomic E-state index is 0. The van der Waals surface area contributed by atoms with Gasteiger partial charge in [0.2, 0.25) is 0 Å². The molecule has 0 saturated carbocycles. The van der Waals surface area contributed by atoms with Crippen molar-refractivity contribution in [1.82, 2.24) is 5.32 Å². The fourth-order valence-corrected chi connectivity index (χ4v) is 1.96. The monoisotopic (exact) mass is 276 g/mol. The third kappa shape index (κ3) is 3.90. The summed E-state index contributed by atoms with van der Waals surface area (Å²) in [4.78, 5) is 0. The smallest absolute Gasteiger partial charge is 0 e. The van der Waals surface area contributed by atoms with E-state index >= 15 is 0 Å². The Balaban J connectivity index is 0.00000112. The van der Waals surface area contributed by atoms with Gasteiger partial charge in [0, 0.05) is 32.7 Å². The molecule has 79 valence electrons. The second kappa shape index (κ2) is 6.68. The molecular weight excluding hydrogens is 259 g/mol. The average molecular weight is 276 g/mol. The number of rotatable bonds is 2. The largest absolute Gasteiger partial charge is 0.322 e. The number of hydrogen-bond donors (Lipinski definition) is 1. The van der Waals surface area contributed by atoms with Gasteiger partial charge in [-0.15, -0.1) is 12.1 Å². The van der Waals surface area contributed by atoms with Crippen LogP contribution in [0.1, 0.15) is 24.0 Å². The SMILES string of the molecule is [CH2-]c1ccccc1C[C-]1CCNCC1.[Y]. The Bertz CT molecular complexity index is 292. The first-order valence-electron chi connectivity index (χ1n) is 5.30. The van der Waals surface area contributed by atoms with Crippen molar-refractivity contribution in [3.05, 3.63) is 48.2 Å². The number of hydrogen-bond acceptors (Lipinski definition) is 1. The second-order valence-corrected chi connectivity index (χ2v) is 3.95. The van der Waals surface area contributed by atoms with Crippen molar-refractivity contribution in [3.63, 3.8) is 0 Å². The van der Waals surface area contributed by atoms with Crippen molar-refractivity contribution in [2.75, 3.05) is 13.1 Å². The summed E-state index contributed by atoms with van der Waals surface area (Å²) < 4.78 is 0. The Morgan fingerprint density at radius 1 is 1.20 bits per heavy atom. The van der Waals surface area contributed by atoms with Crippen LogP contribution in [0.15, 0.2) is 24.3 Å². The predicted octanol–water partition coefficient (Wildman–Crippen LogP) is 2.37. The van der Waals surface area contributed by atoms with Crippen LogP contribution < -0.4 is 5.32 Å². The predicted molar refractivity (Wildman–Crippen MR) is 60.0 cm³/mol. The second-order valence-electron chi connectivity index (χ2n) is 3.95. The van der Waals surface area contributed by atoms with E-state index in [9.17, 15) is 0 Å². The van der Waals surface area contributed by atoms with Gasteiger partial charge in [0.15, 0.2) is 0 Å². The molecule has 1 aromatic rings. The topological polar surface area (TPSA) is 12.0 Å². The first-order valence-corrected chi connectivity index (χ1v) is 5.30. The Labute approximate surface area is 118 Å². The third-order valence-electron chi connectivity index (χ3n) is 2.87. The molecule has 1 nitrogen and oxygen atoms in total. The van der Waals surface area contributed by atoms with Gasteiger partial charge in [-0.1, -0.05) is 6.07 Å². The van der Waals surface area contributed by atoms with E-state index < -0.39 is 0 Å². The molecule has 2 heteroatoms. The van der Waals surface area contributed by atoms with Crippen LogP contribution >= 0.6 is 0 Å². The van der Waals surface area contributed by atoms with Crippen LogP contribution in [-0.2, 0) is 39.1 Å². The van der Waals surface area contributed by atoms with Crippen LogP contribution in [0.4, 0.5) is 0 Å². The average Bonchev–Trinajstić information content (AvgIpc) is 2.23. The summed E-state index contributed by atoms with van der Waals surface area (Å²) in [6.45, 7) is 6.35. The van der Waals surface area contributed by atoms with Gasteiger partial charge in [0.25, 0.3) is 0 Å². The van der Waals surface area contributed by atoms with Gasteiger partial charge in [-0.25, -0.2) is 0 Å². The molecule has 1 fully saturated rings. The Morgan fingerprint density at radius 2 is 1.87 bits per heavy atom. The Kier molecular flexibility index (Phi) is 5.88. The molecule has 0 bridgehead atoms. The molecule has 0 amide bonds. The molecule has 0 spiro atoms. The molecule has 0 unspecified atom stereocenters. The number of piperidine rings is 1. The van der Waals surface area contributed by atoms with Crippen molar-refractivity contribution in [3.8, 4) is 0 Å². The zero-order valence-electron chi connectivity index (χ0n) is 9.13. The van der Waals surface area contributed by atoms with E-state index in [1.807, 2.05) is 0 Å². The molecule has 1 aliphatic heterocycles. The van der Waals surface area contributed by atoms with Crippen molar-refractivity contribution < 1.29 is 32.7 Å². The number of nitrogens with one attached hydrogen (secondary N) is 1. The molecule has 2 rings (SSSR count). The van der Waals surface area contributed by atoms with E-state index in [1.54, 1.807) is 5.92 Å². The maximum atomic E-state index is 4.06. The number of benzene rings is 1. The summed E-state index contributed by atoms with van der Waals surface area (Å²) in [5.74, 6) is 1.67. The van der Waals surface area contributed by atoms with Gasteiger partial charge >= 0.3 is 0 Å².